The molecule has 0 aromatic heterocycles. The van der Waals surface area contributed by atoms with Gasteiger partial charge >= 0.3 is 6.18 Å². The van der Waals surface area contributed by atoms with Crippen molar-refractivity contribution < 1.29 is 13.2 Å². The highest BCUT2D eigenvalue weighted by Gasteiger charge is 2.58. The predicted molar refractivity (Wildman–Crippen MR) is 39.8 cm³/mol. The monoisotopic (exact) mass is 188 g/mol. The zero-order valence-corrected chi connectivity index (χ0v) is 6.81. The molecule has 0 radical (unpaired) electrons. The van der Waals surface area contributed by atoms with Gasteiger partial charge in [-0.15, -0.1) is 0 Å². The zero-order chi connectivity index (χ0) is 7.99. The Balaban J connectivity index is 2.57. The van der Waals surface area contributed by atoms with Gasteiger partial charge in [-0.2, -0.15) is 38.4 Å². The molecule has 1 fully saturated rings. The topological polar surface area (TPSA) is 0 Å². The smallest absolute Gasteiger partial charge is 0.176 e. The average molecular weight is 188 g/mol. The van der Waals surface area contributed by atoms with Gasteiger partial charge in [0.2, 0.25) is 0 Å². The van der Waals surface area contributed by atoms with E-state index in [4.69, 9.17) is 0 Å². The van der Waals surface area contributed by atoms with Gasteiger partial charge in [-0.05, 0) is 12.8 Å². The van der Waals surface area contributed by atoms with Crippen molar-refractivity contribution in [3.8, 4) is 0 Å². The molecule has 0 aromatic rings. The van der Waals surface area contributed by atoms with Gasteiger partial charge in [-0.1, -0.05) is 0 Å². The second-order valence-electron chi connectivity index (χ2n) is 2.59. The van der Waals surface area contributed by atoms with Crippen molar-refractivity contribution in [1.82, 2.24) is 0 Å². The molecule has 0 spiro atoms. The fourth-order valence-electron chi connectivity index (χ4n) is 0.951. The summed E-state index contributed by atoms with van der Waals surface area (Å²) < 4.78 is 34.1. The first kappa shape index (κ1) is 8.59. The number of hydrogen-bond acceptors (Lipinski definition) is 2. The van der Waals surface area contributed by atoms with Crippen molar-refractivity contribution >= 4 is 25.3 Å². The van der Waals surface area contributed by atoms with Crippen LogP contribution in [0.1, 0.15) is 12.8 Å². The van der Waals surface area contributed by atoms with Gasteiger partial charge in [0, 0.05) is 5.25 Å². The number of thiol groups is 2. The van der Waals surface area contributed by atoms with Crippen LogP contribution in [0, 0.1) is 0 Å². The van der Waals surface area contributed by atoms with Crippen LogP contribution in [0.4, 0.5) is 13.2 Å². The lowest BCUT2D eigenvalue weighted by Gasteiger charge is -2.42. The molecule has 0 atom stereocenters. The first-order valence-corrected chi connectivity index (χ1v) is 3.79. The molecule has 0 aromatic carbocycles. The number of rotatable bonds is 0. The van der Waals surface area contributed by atoms with Crippen molar-refractivity contribution in [3.05, 3.63) is 0 Å². The van der Waals surface area contributed by atoms with E-state index in [1.54, 1.807) is 0 Å². The van der Waals surface area contributed by atoms with E-state index in [0.717, 1.165) is 0 Å². The molecule has 0 aliphatic heterocycles. The van der Waals surface area contributed by atoms with Crippen LogP contribution in [0.2, 0.25) is 0 Å². The Morgan fingerprint density at radius 1 is 1.30 bits per heavy atom. The lowest BCUT2D eigenvalue weighted by Crippen LogP contribution is -2.51. The Bertz CT molecular complexity index is 136. The van der Waals surface area contributed by atoms with E-state index < -0.39 is 10.9 Å². The third-order valence-electron chi connectivity index (χ3n) is 1.67. The van der Waals surface area contributed by atoms with Gasteiger partial charge in [0.15, 0.2) is 0 Å². The minimum atomic E-state index is -4.17. The second-order valence-corrected chi connectivity index (χ2v) is 4.18. The fourth-order valence-corrected chi connectivity index (χ4v) is 2.30. The maximum atomic E-state index is 11.9. The van der Waals surface area contributed by atoms with Crippen molar-refractivity contribution in [2.24, 2.45) is 0 Å². The Morgan fingerprint density at radius 3 is 1.80 bits per heavy atom. The van der Waals surface area contributed by atoms with E-state index in [9.17, 15) is 13.2 Å². The molecule has 1 aliphatic rings. The molecule has 0 unspecified atom stereocenters. The first-order valence-electron chi connectivity index (χ1n) is 2.82. The quantitative estimate of drug-likeness (QED) is 0.535. The van der Waals surface area contributed by atoms with E-state index >= 15 is 0 Å². The maximum Gasteiger partial charge on any atom is 0.403 e. The minimum Gasteiger partial charge on any atom is -0.176 e. The fraction of sp³-hybridized carbons (Fsp3) is 1.00. The molecular weight excluding hydrogens is 181 g/mol. The van der Waals surface area contributed by atoms with Crippen LogP contribution in [0.15, 0.2) is 0 Å². The second kappa shape index (κ2) is 2.24. The number of halogens is 3. The molecule has 0 nitrogen and oxygen atoms in total. The highest BCUT2D eigenvalue weighted by molar-refractivity contribution is 7.83. The summed E-state index contributed by atoms with van der Waals surface area (Å²) in [6.07, 6.45) is -4.11. The van der Waals surface area contributed by atoms with Crippen LogP contribution in [0.3, 0.4) is 0 Å². The molecule has 5 heteroatoms. The predicted octanol–water partition coefficient (Wildman–Crippen LogP) is 2.31. The van der Waals surface area contributed by atoms with Crippen LogP contribution in [0.25, 0.3) is 0 Å². The van der Waals surface area contributed by atoms with Crippen molar-refractivity contribution in [2.45, 2.75) is 29.0 Å². The summed E-state index contributed by atoms with van der Waals surface area (Å²) in [5.74, 6) is 0. The Kier molecular flexibility index (Phi) is 1.92. The summed E-state index contributed by atoms with van der Waals surface area (Å²) in [4.78, 5) is 0. The number of alkyl halides is 3. The van der Waals surface area contributed by atoms with Gasteiger partial charge in [0.1, 0.15) is 4.75 Å². The van der Waals surface area contributed by atoms with Gasteiger partial charge in [-0.25, -0.2) is 0 Å². The lowest BCUT2D eigenvalue weighted by molar-refractivity contribution is -0.174. The summed E-state index contributed by atoms with van der Waals surface area (Å²) in [7, 11) is 0. The molecule has 0 heterocycles. The average Bonchev–Trinajstić information content (AvgIpc) is 1.58. The summed E-state index contributed by atoms with van der Waals surface area (Å²) >= 11 is 7.42. The summed E-state index contributed by atoms with van der Waals surface area (Å²) in [6, 6.07) is 0. The highest BCUT2D eigenvalue weighted by atomic mass is 32.1. The molecule has 10 heavy (non-hydrogen) atoms. The van der Waals surface area contributed by atoms with Crippen molar-refractivity contribution in [3.63, 3.8) is 0 Å². The van der Waals surface area contributed by atoms with Crippen LogP contribution >= 0.6 is 25.3 Å². The minimum absolute atomic E-state index is 0.0305. The first-order chi connectivity index (χ1) is 4.35. The molecule has 0 saturated heterocycles. The van der Waals surface area contributed by atoms with Gasteiger partial charge < -0.3 is 0 Å². The van der Waals surface area contributed by atoms with Gasteiger partial charge in [-0.3, -0.25) is 0 Å². The third-order valence-corrected chi connectivity index (χ3v) is 2.66. The van der Waals surface area contributed by atoms with E-state index in [-0.39, 0.29) is 18.1 Å². The Labute approximate surface area is 68.0 Å². The van der Waals surface area contributed by atoms with Crippen LogP contribution in [-0.2, 0) is 0 Å². The van der Waals surface area contributed by atoms with Crippen LogP contribution in [-0.4, -0.2) is 16.2 Å². The molecule has 1 aliphatic carbocycles. The molecule has 1 saturated carbocycles. The number of hydrogen-bond donors (Lipinski definition) is 2. The standard InChI is InChI=1S/C5H7F3S2/c6-5(7,8)4(10)1-3(9)2-4/h3,9-10H,1-2H2. The summed E-state index contributed by atoms with van der Waals surface area (Å²) in [6.45, 7) is 0. The van der Waals surface area contributed by atoms with E-state index in [1.807, 2.05) is 0 Å². The van der Waals surface area contributed by atoms with E-state index in [0.29, 0.717) is 0 Å². The molecule has 0 N–H and O–H groups in total. The SMILES string of the molecule is FC(F)(F)C1(S)CC(S)C1. The Morgan fingerprint density at radius 2 is 1.70 bits per heavy atom. The molecule has 0 amide bonds. The maximum absolute atomic E-state index is 11.9. The Hall–Kier alpha value is 0.490. The molecule has 1 rings (SSSR count). The normalized spacial score (nSPS) is 41.1. The third kappa shape index (κ3) is 1.25. The summed E-state index contributed by atoms with van der Waals surface area (Å²) in [5.41, 5.74) is 0. The lowest BCUT2D eigenvalue weighted by atomic mass is 9.83. The zero-order valence-electron chi connectivity index (χ0n) is 5.02. The van der Waals surface area contributed by atoms with Crippen LogP contribution in [0.5, 0.6) is 0 Å². The van der Waals surface area contributed by atoms with Gasteiger partial charge in [0.05, 0.1) is 0 Å². The molecule has 0 bridgehead atoms. The molecular formula is C5H7F3S2. The van der Waals surface area contributed by atoms with Crippen molar-refractivity contribution in [1.29, 1.82) is 0 Å². The van der Waals surface area contributed by atoms with Crippen molar-refractivity contribution in [2.75, 3.05) is 0 Å². The van der Waals surface area contributed by atoms with E-state index in [2.05, 4.69) is 25.3 Å². The highest BCUT2D eigenvalue weighted by Crippen LogP contribution is 2.51. The molecule has 60 valence electrons. The van der Waals surface area contributed by atoms with Gasteiger partial charge in [0.25, 0.3) is 0 Å². The largest absolute Gasteiger partial charge is 0.403 e. The van der Waals surface area contributed by atoms with Crippen LogP contribution < -0.4 is 0 Å². The van der Waals surface area contributed by atoms with E-state index in [1.165, 1.54) is 0 Å². The summed E-state index contributed by atoms with van der Waals surface area (Å²) in [5, 5.41) is -0.126.